The molecule has 0 saturated carbocycles. The van der Waals surface area contributed by atoms with Gasteiger partial charge in [0.15, 0.2) is 5.69 Å². The van der Waals surface area contributed by atoms with E-state index < -0.39 is 17.8 Å². The second-order valence-electron chi connectivity index (χ2n) is 5.85. The Morgan fingerprint density at radius 3 is 2.52 bits per heavy atom. The number of aryl methyl sites for hydroxylation is 1. The van der Waals surface area contributed by atoms with E-state index in [1.807, 2.05) is 0 Å². The van der Waals surface area contributed by atoms with Crippen molar-refractivity contribution in [3.8, 4) is 0 Å². The van der Waals surface area contributed by atoms with Crippen LogP contribution in [0.25, 0.3) is 0 Å². The fraction of sp³-hybridized carbons (Fsp3) is 0.667. The van der Waals surface area contributed by atoms with Crippen molar-refractivity contribution in [1.82, 2.24) is 20.0 Å². The molecule has 0 bridgehead atoms. The molecule has 1 aromatic heterocycles. The number of hydrogen-bond donors (Lipinski definition) is 1. The Morgan fingerprint density at radius 1 is 1.36 bits per heavy atom. The average molecular weight is 362 g/mol. The van der Waals surface area contributed by atoms with Gasteiger partial charge in [-0.05, 0) is 32.8 Å². The molecule has 2 heterocycles. The second kappa shape index (κ2) is 7.75. The zero-order valence-electron chi connectivity index (χ0n) is 14.1. The number of alkyl halides is 3. The molecule has 0 radical (unpaired) electrons. The van der Waals surface area contributed by atoms with Crippen LogP contribution < -0.4 is 5.32 Å². The molecule has 1 aliphatic rings. The predicted octanol–water partition coefficient (Wildman–Crippen LogP) is 1.95. The van der Waals surface area contributed by atoms with E-state index in [0.717, 1.165) is 10.7 Å². The molecule has 2 amide bonds. The number of nitrogens with zero attached hydrogens (tertiary/aromatic N) is 3. The SMILES string of the molecule is CCOC(=O)N1CCC(NC(=O)Cn2nc(C(F)(F)F)cc2C)CC1. The summed E-state index contributed by atoms with van der Waals surface area (Å²) in [5.41, 5.74) is -0.750. The Labute approximate surface area is 143 Å². The lowest BCUT2D eigenvalue weighted by Crippen LogP contribution is -2.47. The first-order valence-corrected chi connectivity index (χ1v) is 8.03. The summed E-state index contributed by atoms with van der Waals surface area (Å²) in [6.07, 6.45) is -3.78. The van der Waals surface area contributed by atoms with Crippen molar-refractivity contribution in [3.05, 3.63) is 17.5 Å². The quantitative estimate of drug-likeness (QED) is 0.888. The summed E-state index contributed by atoms with van der Waals surface area (Å²) >= 11 is 0. The summed E-state index contributed by atoms with van der Waals surface area (Å²) in [5, 5.41) is 6.21. The number of ether oxygens (including phenoxy) is 1. The number of amides is 2. The zero-order valence-corrected chi connectivity index (χ0v) is 14.1. The molecule has 1 N–H and O–H groups in total. The fourth-order valence-electron chi connectivity index (χ4n) is 2.64. The van der Waals surface area contributed by atoms with Crippen LogP contribution in [0, 0.1) is 6.92 Å². The summed E-state index contributed by atoms with van der Waals surface area (Å²) < 4.78 is 43.8. The van der Waals surface area contributed by atoms with Gasteiger partial charge in [-0.2, -0.15) is 18.3 Å². The van der Waals surface area contributed by atoms with E-state index in [0.29, 0.717) is 32.5 Å². The van der Waals surface area contributed by atoms with Gasteiger partial charge in [-0.1, -0.05) is 0 Å². The predicted molar refractivity (Wildman–Crippen MR) is 81.7 cm³/mol. The first-order valence-electron chi connectivity index (χ1n) is 8.03. The van der Waals surface area contributed by atoms with Crippen LogP contribution in [0.4, 0.5) is 18.0 Å². The van der Waals surface area contributed by atoms with Crippen molar-refractivity contribution < 1.29 is 27.5 Å². The van der Waals surface area contributed by atoms with E-state index in [-0.39, 0.29) is 24.4 Å². The number of aromatic nitrogens is 2. The summed E-state index contributed by atoms with van der Waals surface area (Å²) in [7, 11) is 0. The summed E-state index contributed by atoms with van der Waals surface area (Å²) in [5.74, 6) is -0.408. The summed E-state index contributed by atoms with van der Waals surface area (Å²) in [6.45, 7) is 4.14. The van der Waals surface area contributed by atoms with Crippen LogP contribution >= 0.6 is 0 Å². The van der Waals surface area contributed by atoms with Gasteiger partial charge in [0.1, 0.15) is 6.54 Å². The minimum absolute atomic E-state index is 0.129. The number of nitrogens with one attached hydrogen (secondary N) is 1. The smallest absolute Gasteiger partial charge is 0.435 e. The van der Waals surface area contributed by atoms with E-state index in [9.17, 15) is 22.8 Å². The third-order valence-electron chi connectivity index (χ3n) is 3.95. The van der Waals surface area contributed by atoms with Crippen LogP contribution in [0.1, 0.15) is 31.2 Å². The van der Waals surface area contributed by atoms with Gasteiger partial charge >= 0.3 is 12.3 Å². The number of likely N-dealkylation sites (tertiary alicyclic amines) is 1. The highest BCUT2D eigenvalue weighted by atomic mass is 19.4. The molecule has 0 unspecified atom stereocenters. The maximum atomic E-state index is 12.6. The van der Waals surface area contributed by atoms with Gasteiger partial charge in [-0.3, -0.25) is 9.48 Å². The normalized spacial score (nSPS) is 16.0. The molecule has 7 nitrogen and oxygen atoms in total. The monoisotopic (exact) mass is 362 g/mol. The van der Waals surface area contributed by atoms with E-state index in [1.54, 1.807) is 11.8 Å². The topological polar surface area (TPSA) is 76.5 Å². The Morgan fingerprint density at radius 2 is 2.00 bits per heavy atom. The minimum atomic E-state index is -4.54. The third kappa shape index (κ3) is 5.10. The van der Waals surface area contributed by atoms with Crippen molar-refractivity contribution in [2.75, 3.05) is 19.7 Å². The fourth-order valence-corrected chi connectivity index (χ4v) is 2.64. The molecule has 1 aromatic rings. The zero-order chi connectivity index (χ0) is 18.6. The Kier molecular flexibility index (Phi) is 5.91. The van der Waals surface area contributed by atoms with Gasteiger partial charge in [0, 0.05) is 24.8 Å². The first-order chi connectivity index (χ1) is 11.7. The van der Waals surface area contributed by atoms with Crippen molar-refractivity contribution in [2.24, 2.45) is 0 Å². The molecule has 0 atom stereocenters. The van der Waals surface area contributed by atoms with Gasteiger partial charge in [0.05, 0.1) is 6.61 Å². The summed E-state index contributed by atoms with van der Waals surface area (Å²) in [4.78, 5) is 25.2. The minimum Gasteiger partial charge on any atom is -0.450 e. The molecule has 140 valence electrons. The number of rotatable bonds is 4. The van der Waals surface area contributed by atoms with Crippen molar-refractivity contribution in [2.45, 2.75) is 45.5 Å². The molecule has 0 aliphatic carbocycles. The number of piperidine rings is 1. The van der Waals surface area contributed by atoms with Gasteiger partial charge < -0.3 is 15.0 Å². The van der Waals surface area contributed by atoms with Gasteiger partial charge in [0.2, 0.25) is 5.91 Å². The van der Waals surface area contributed by atoms with E-state index in [2.05, 4.69) is 10.4 Å². The van der Waals surface area contributed by atoms with Crippen LogP contribution in [0.3, 0.4) is 0 Å². The molecule has 10 heteroatoms. The lowest BCUT2D eigenvalue weighted by Gasteiger charge is -2.31. The maximum absolute atomic E-state index is 12.6. The Bertz CT molecular complexity index is 622. The number of halogens is 3. The molecule has 1 saturated heterocycles. The van der Waals surface area contributed by atoms with Crippen molar-refractivity contribution in [1.29, 1.82) is 0 Å². The number of carbonyl (C=O) groups is 2. The van der Waals surface area contributed by atoms with Crippen LogP contribution in [-0.2, 0) is 22.3 Å². The Balaban J connectivity index is 1.84. The molecule has 1 aliphatic heterocycles. The molecular weight excluding hydrogens is 341 g/mol. The van der Waals surface area contributed by atoms with Gasteiger partial charge in [-0.25, -0.2) is 4.79 Å². The highest BCUT2D eigenvalue weighted by molar-refractivity contribution is 5.76. The highest BCUT2D eigenvalue weighted by Crippen LogP contribution is 2.28. The van der Waals surface area contributed by atoms with Crippen LogP contribution in [-0.4, -0.2) is 52.4 Å². The standard InChI is InChI=1S/C15H21F3N4O3/c1-3-25-14(24)21-6-4-11(5-7-21)19-13(23)9-22-10(2)8-12(20-22)15(16,17)18/h8,11H,3-7,9H2,1-2H3,(H,19,23). The van der Waals surface area contributed by atoms with Crippen molar-refractivity contribution >= 4 is 12.0 Å². The highest BCUT2D eigenvalue weighted by Gasteiger charge is 2.34. The van der Waals surface area contributed by atoms with Crippen LogP contribution in [0.5, 0.6) is 0 Å². The summed E-state index contributed by atoms with van der Waals surface area (Å²) in [6, 6.07) is 0.779. The lowest BCUT2D eigenvalue weighted by atomic mass is 10.1. The second-order valence-corrected chi connectivity index (χ2v) is 5.85. The molecule has 0 spiro atoms. The Hall–Kier alpha value is -2.26. The molecule has 0 aromatic carbocycles. The third-order valence-corrected chi connectivity index (χ3v) is 3.95. The van der Waals surface area contributed by atoms with Crippen LogP contribution in [0.15, 0.2) is 6.07 Å². The van der Waals surface area contributed by atoms with Gasteiger partial charge in [0.25, 0.3) is 0 Å². The lowest BCUT2D eigenvalue weighted by molar-refractivity contribution is -0.141. The molecule has 1 fully saturated rings. The van der Waals surface area contributed by atoms with Gasteiger partial charge in [-0.15, -0.1) is 0 Å². The van der Waals surface area contributed by atoms with E-state index in [4.69, 9.17) is 4.74 Å². The van der Waals surface area contributed by atoms with E-state index in [1.165, 1.54) is 6.92 Å². The van der Waals surface area contributed by atoms with E-state index >= 15 is 0 Å². The molecule has 25 heavy (non-hydrogen) atoms. The molecule has 2 rings (SSSR count). The number of hydrogen-bond acceptors (Lipinski definition) is 4. The first kappa shape index (κ1) is 19.1. The maximum Gasteiger partial charge on any atom is 0.435 e. The van der Waals surface area contributed by atoms with Crippen LogP contribution in [0.2, 0.25) is 0 Å². The largest absolute Gasteiger partial charge is 0.450 e. The van der Waals surface area contributed by atoms with Crippen molar-refractivity contribution in [3.63, 3.8) is 0 Å². The molecular formula is C15H21F3N4O3. The number of carbonyl (C=O) groups excluding carboxylic acids is 2. The average Bonchev–Trinajstić information content (AvgIpc) is 2.89.